The van der Waals surface area contributed by atoms with E-state index in [1.54, 1.807) is 0 Å². The highest BCUT2D eigenvalue weighted by atomic mass is 16.4. The van der Waals surface area contributed by atoms with Crippen molar-refractivity contribution in [3.05, 3.63) is 0 Å². The molecule has 0 aromatic heterocycles. The molecule has 4 aliphatic carbocycles. The van der Waals surface area contributed by atoms with Crippen LogP contribution < -0.4 is 0 Å². The van der Waals surface area contributed by atoms with Gasteiger partial charge in [0.1, 0.15) is 5.78 Å². The Morgan fingerprint density at radius 1 is 1.14 bits per heavy atom. The number of aliphatic carboxylic acids is 1. The van der Waals surface area contributed by atoms with Crippen molar-refractivity contribution in [2.24, 2.45) is 46.3 Å². The monoisotopic (exact) mass is 390 g/mol. The van der Waals surface area contributed by atoms with Crippen LogP contribution in [-0.2, 0) is 9.59 Å². The zero-order valence-electron chi connectivity index (χ0n) is 17.8. The summed E-state index contributed by atoms with van der Waals surface area (Å²) in [6.07, 6.45) is 8.68. The molecule has 158 valence electrons. The predicted molar refractivity (Wildman–Crippen MR) is 108 cm³/mol. The standard InChI is InChI=1S/C24H38O4/c1-14(4-7-21(27)28)17-5-6-18-22-19(9-11-24(17,18)3)23(2)10-8-16(25)12-15(23)13-20(22)26/h14-15,17-20,22,26H,4-13H2,1-3H3,(H,27,28)/t14-,15?,17-,18+,19+,20?,22+,23+,24-/m1/s1. The predicted octanol–water partition coefficient (Wildman–Crippen LogP) is 4.69. The molecule has 4 saturated carbocycles. The summed E-state index contributed by atoms with van der Waals surface area (Å²) in [5, 5.41) is 20.3. The highest BCUT2D eigenvalue weighted by Crippen LogP contribution is 2.68. The molecule has 9 atom stereocenters. The van der Waals surface area contributed by atoms with E-state index in [1.165, 1.54) is 19.3 Å². The Hall–Kier alpha value is -0.900. The third-order valence-corrected chi connectivity index (χ3v) is 10.1. The third kappa shape index (κ3) is 3.05. The van der Waals surface area contributed by atoms with Crippen molar-refractivity contribution in [3.63, 3.8) is 0 Å². The molecule has 0 saturated heterocycles. The fourth-order valence-electron chi connectivity index (χ4n) is 8.54. The summed E-state index contributed by atoms with van der Waals surface area (Å²) in [4.78, 5) is 23.1. The van der Waals surface area contributed by atoms with E-state index in [0.717, 1.165) is 32.1 Å². The van der Waals surface area contributed by atoms with Gasteiger partial charge in [0.2, 0.25) is 0 Å². The SMILES string of the molecule is C[C@H](CCC(=O)O)[C@H]1CC[C@H]2[C@@H]3C(O)CC4CC(=O)CC[C@]4(C)[C@H]3CC[C@]12C. The largest absolute Gasteiger partial charge is 0.481 e. The first-order valence-electron chi connectivity index (χ1n) is 11.6. The number of Topliss-reactive ketones (excluding diaryl/α,β-unsaturated/α-hetero) is 1. The van der Waals surface area contributed by atoms with E-state index in [-0.39, 0.29) is 23.4 Å². The Kier molecular flexibility index (Phi) is 5.17. The average Bonchev–Trinajstić information content (AvgIpc) is 2.98. The number of rotatable bonds is 4. The maximum absolute atomic E-state index is 12.1. The van der Waals surface area contributed by atoms with E-state index in [1.807, 2.05) is 0 Å². The Labute approximate surface area is 169 Å². The molecule has 28 heavy (non-hydrogen) atoms. The highest BCUT2D eigenvalue weighted by Gasteiger charge is 2.62. The molecule has 0 bridgehead atoms. The fourth-order valence-corrected chi connectivity index (χ4v) is 8.54. The van der Waals surface area contributed by atoms with Crippen LogP contribution in [0.5, 0.6) is 0 Å². The third-order valence-electron chi connectivity index (χ3n) is 10.1. The van der Waals surface area contributed by atoms with Crippen LogP contribution in [0.4, 0.5) is 0 Å². The van der Waals surface area contributed by atoms with Crippen molar-refractivity contribution in [3.8, 4) is 0 Å². The van der Waals surface area contributed by atoms with E-state index in [2.05, 4.69) is 20.8 Å². The van der Waals surface area contributed by atoms with Crippen LogP contribution in [0.25, 0.3) is 0 Å². The van der Waals surface area contributed by atoms with E-state index in [4.69, 9.17) is 5.11 Å². The normalized spacial score (nSPS) is 49.1. The molecule has 4 aliphatic rings. The molecule has 0 radical (unpaired) electrons. The number of carboxylic acids is 1. The van der Waals surface area contributed by atoms with Gasteiger partial charge in [-0.15, -0.1) is 0 Å². The molecule has 4 rings (SSSR count). The first-order chi connectivity index (χ1) is 13.2. The lowest BCUT2D eigenvalue weighted by molar-refractivity contribution is -0.169. The minimum atomic E-state index is -0.691. The first kappa shape index (κ1) is 20.4. The molecule has 0 amide bonds. The quantitative estimate of drug-likeness (QED) is 0.730. The van der Waals surface area contributed by atoms with Crippen molar-refractivity contribution in [1.82, 2.24) is 0 Å². The number of hydrogen-bond donors (Lipinski definition) is 2. The van der Waals surface area contributed by atoms with Gasteiger partial charge in [-0.1, -0.05) is 20.8 Å². The Balaban J connectivity index is 1.56. The van der Waals surface area contributed by atoms with E-state index in [9.17, 15) is 14.7 Å². The van der Waals surface area contributed by atoms with Crippen LogP contribution in [0.15, 0.2) is 0 Å². The molecular formula is C24H38O4. The number of carboxylic acid groups (broad SMARTS) is 1. The van der Waals surface area contributed by atoms with E-state index >= 15 is 0 Å². The summed E-state index contributed by atoms with van der Waals surface area (Å²) in [5.41, 5.74) is 0.444. The zero-order chi connectivity index (χ0) is 20.3. The number of hydrogen-bond acceptors (Lipinski definition) is 3. The minimum absolute atomic E-state index is 0.214. The summed E-state index contributed by atoms with van der Waals surface area (Å²) in [6.45, 7) is 7.10. The molecule has 2 unspecified atom stereocenters. The van der Waals surface area contributed by atoms with Crippen LogP contribution in [0.2, 0.25) is 0 Å². The van der Waals surface area contributed by atoms with Gasteiger partial charge in [-0.25, -0.2) is 0 Å². The van der Waals surface area contributed by atoms with Gasteiger partial charge in [0.15, 0.2) is 0 Å². The first-order valence-corrected chi connectivity index (χ1v) is 11.6. The van der Waals surface area contributed by atoms with E-state index < -0.39 is 5.97 Å². The van der Waals surface area contributed by atoms with Gasteiger partial charge in [0, 0.05) is 19.3 Å². The summed E-state index contributed by atoms with van der Waals surface area (Å²) in [7, 11) is 0. The van der Waals surface area contributed by atoms with Gasteiger partial charge >= 0.3 is 5.97 Å². The zero-order valence-corrected chi connectivity index (χ0v) is 17.8. The summed E-state index contributed by atoms with van der Waals surface area (Å²) < 4.78 is 0. The second-order valence-electron chi connectivity index (χ2n) is 11.2. The highest BCUT2D eigenvalue weighted by molar-refractivity contribution is 5.79. The van der Waals surface area contributed by atoms with Crippen LogP contribution in [0.3, 0.4) is 0 Å². The van der Waals surface area contributed by atoms with Crippen molar-refractivity contribution < 1.29 is 19.8 Å². The molecule has 0 aliphatic heterocycles. The molecule has 4 fully saturated rings. The molecular weight excluding hydrogens is 352 g/mol. The molecule has 2 N–H and O–H groups in total. The molecule has 4 nitrogen and oxygen atoms in total. The topological polar surface area (TPSA) is 74.6 Å². The summed E-state index contributed by atoms with van der Waals surface area (Å²) in [6, 6.07) is 0. The van der Waals surface area contributed by atoms with Gasteiger partial charge in [0.25, 0.3) is 0 Å². The lowest BCUT2D eigenvalue weighted by Crippen LogP contribution is -2.58. The summed E-state index contributed by atoms with van der Waals surface area (Å²) in [5.74, 6) is 2.52. The maximum atomic E-state index is 12.1. The Bertz CT molecular complexity index is 645. The molecule has 4 heteroatoms. The number of aliphatic hydroxyl groups excluding tert-OH is 1. The average molecular weight is 391 g/mol. The smallest absolute Gasteiger partial charge is 0.303 e. The van der Waals surface area contributed by atoms with Crippen LogP contribution in [-0.4, -0.2) is 28.1 Å². The molecule has 0 aromatic rings. The fraction of sp³-hybridized carbons (Fsp3) is 0.917. The Morgan fingerprint density at radius 2 is 1.86 bits per heavy atom. The van der Waals surface area contributed by atoms with Crippen molar-refractivity contribution in [2.45, 2.75) is 91.1 Å². The minimum Gasteiger partial charge on any atom is -0.481 e. The lowest BCUT2D eigenvalue weighted by Gasteiger charge is -2.62. The van der Waals surface area contributed by atoms with Gasteiger partial charge in [-0.05, 0) is 91.3 Å². The number of carbonyl (C=O) groups excluding carboxylic acids is 1. The van der Waals surface area contributed by atoms with Gasteiger partial charge < -0.3 is 10.2 Å². The molecule has 0 heterocycles. The molecule has 0 aromatic carbocycles. The maximum Gasteiger partial charge on any atom is 0.303 e. The van der Waals surface area contributed by atoms with Gasteiger partial charge in [-0.2, -0.15) is 0 Å². The number of aliphatic hydroxyl groups is 1. The second kappa shape index (κ2) is 7.11. The van der Waals surface area contributed by atoms with Crippen LogP contribution in [0.1, 0.15) is 85.0 Å². The van der Waals surface area contributed by atoms with Gasteiger partial charge in [0.05, 0.1) is 6.10 Å². The number of carbonyl (C=O) groups is 2. The summed E-state index contributed by atoms with van der Waals surface area (Å²) >= 11 is 0. The Morgan fingerprint density at radius 3 is 2.57 bits per heavy atom. The van der Waals surface area contributed by atoms with Gasteiger partial charge in [-0.3, -0.25) is 9.59 Å². The molecule has 0 spiro atoms. The number of fused-ring (bicyclic) bond motifs is 5. The second-order valence-corrected chi connectivity index (χ2v) is 11.2. The van der Waals surface area contributed by atoms with Crippen molar-refractivity contribution in [2.75, 3.05) is 0 Å². The number of ketones is 1. The van der Waals surface area contributed by atoms with Crippen molar-refractivity contribution >= 4 is 11.8 Å². The lowest BCUT2D eigenvalue weighted by atomic mass is 9.44. The van der Waals surface area contributed by atoms with Crippen LogP contribution >= 0.6 is 0 Å². The van der Waals surface area contributed by atoms with E-state index in [0.29, 0.717) is 47.7 Å². The van der Waals surface area contributed by atoms with Crippen molar-refractivity contribution in [1.29, 1.82) is 0 Å². The van der Waals surface area contributed by atoms with Crippen LogP contribution in [0, 0.1) is 46.3 Å².